The van der Waals surface area contributed by atoms with Gasteiger partial charge < -0.3 is 19.7 Å². The highest BCUT2D eigenvalue weighted by Crippen LogP contribution is 2.27. The van der Waals surface area contributed by atoms with Crippen LogP contribution in [0.5, 0.6) is 23.0 Å². The molecule has 2 aromatic carbocycles. The molecule has 0 heterocycles. The number of ether oxygens (including phenoxy) is 2. The smallest absolute Gasteiger partial charge is 0.189 e. The average molecular weight is 300 g/mol. The molecule has 0 unspecified atom stereocenters. The summed E-state index contributed by atoms with van der Waals surface area (Å²) in [5.74, 6) is 0.436. The fourth-order valence-corrected chi connectivity index (χ4v) is 1.94. The second-order valence-electron chi connectivity index (χ2n) is 4.51. The molecular weight excluding hydrogens is 284 g/mol. The maximum atomic E-state index is 12.2. The third-order valence-corrected chi connectivity index (χ3v) is 3.08. The molecule has 22 heavy (non-hydrogen) atoms. The number of phenols is 2. The molecule has 5 nitrogen and oxygen atoms in total. The van der Waals surface area contributed by atoms with Crippen LogP contribution in [0.4, 0.5) is 0 Å². The van der Waals surface area contributed by atoms with Gasteiger partial charge in [0.05, 0.1) is 19.8 Å². The van der Waals surface area contributed by atoms with Gasteiger partial charge in [0.1, 0.15) is 11.5 Å². The number of phenolic OH excluding ortho intramolecular Hbond substituents is 2. The van der Waals surface area contributed by atoms with Gasteiger partial charge in [-0.2, -0.15) is 0 Å². The van der Waals surface area contributed by atoms with Crippen LogP contribution < -0.4 is 9.47 Å². The van der Waals surface area contributed by atoms with Crippen LogP contribution in [0, 0.1) is 0 Å². The van der Waals surface area contributed by atoms with Crippen molar-refractivity contribution in [1.82, 2.24) is 0 Å². The zero-order valence-electron chi connectivity index (χ0n) is 12.2. The number of rotatable bonds is 5. The lowest BCUT2D eigenvalue weighted by Gasteiger charge is -2.06. The lowest BCUT2D eigenvalue weighted by atomic mass is 10.1. The summed E-state index contributed by atoms with van der Waals surface area (Å²) >= 11 is 0. The van der Waals surface area contributed by atoms with E-state index in [9.17, 15) is 15.0 Å². The molecule has 0 fully saturated rings. The van der Waals surface area contributed by atoms with Crippen molar-refractivity contribution in [2.75, 3.05) is 14.2 Å². The highest BCUT2D eigenvalue weighted by Gasteiger charge is 2.10. The van der Waals surface area contributed by atoms with Crippen LogP contribution in [0.1, 0.15) is 15.9 Å². The van der Waals surface area contributed by atoms with Crippen LogP contribution in [0.3, 0.4) is 0 Å². The lowest BCUT2D eigenvalue weighted by molar-refractivity contribution is 0.104. The maximum absolute atomic E-state index is 12.2. The van der Waals surface area contributed by atoms with Crippen molar-refractivity contribution < 1.29 is 24.5 Å². The summed E-state index contributed by atoms with van der Waals surface area (Å²) in [6, 6.07) is 9.07. The molecule has 0 bridgehead atoms. The molecule has 0 saturated heterocycles. The van der Waals surface area contributed by atoms with Gasteiger partial charge in [0.15, 0.2) is 17.3 Å². The highest BCUT2D eigenvalue weighted by atomic mass is 16.5. The number of hydrogen-bond acceptors (Lipinski definition) is 5. The van der Waals surface area contributed by atoms with E-state index in [-0.39, 0.29) is 17.3 Å². The Morgan fingerprint density at radius 2 is 1.73 bits per heavy atom. The summed E-state index contributed by atoms with van der Waals surface area (Å²) in [6.07, 6.45) is 3.00. The van der Waals surface area contributed by atoms with Crippen LogP contribution in [0.25, 0.3) is 6.08 Å². The minimum atomic E-state index is -0.260. The molecule has 2 aromatic rings. The van der Waals surface area contributed by atoms with Crippen LogP contribution in [-0.4, -0.2) is 30.2 Å². The second-order valence-corrected chi connectivity index (χ2v) is 4.51. The minimum Gasteiger partial charge on any atom is -0.508 e. The Kier molecular flexibility index (Phi) is 4.68. The third kappa shape index (κ3) is 3.38. The van der Waals surface area contributed by atoms with E-state index in [1.165, 1.54) is 44.6 Å². The summed E-state index contributed by atoms with van der Waals surface area (Å²) in [5, 5.41) is 18.9. The topological polar surface area (TPSA) is 76.0 Å². The first kappa shape index (κ1) is 15.4. The van der Waals surface area contributed by atoms with Crippen LogP contribution >= 0.6 is 0 Å². The fourth-order valence-electron chi connectivity index (χ4n) is 1.94. The van der Waals surface area contributed by atoms with E-state index >= 15 is 0 Å². The zero-order valence-corrected chi connectivity index (χ0v) is 12.2. The van der Waals surface area contributed by atoms with Gasteiger partial charge >= 0.3 is 0 Å². The van der Waals surface area contributed by atoms with Crippen LogP contribution in [0.2, 0.25) is 0 Å². The van der Waals surface area contributed by atoms with Crippen molar-refractivity contribution >= 4 is 11.9 Å². The first-order valence-corrected chi connectivity index (χ1v) is 6.51. The van der Waals surface area contributed by atoms with Gasteiger partial charge in [-0.15, -0.1) is 0 Å². The Balaban J connectivity index is 2.25. The fraction of sp³-hybridized carbons (Fsp3) is 0.118. The maximum Gasteiger partial charge on any atom is 0.189 e. The summed E-state index contributed by atoms with van der Waals surface area (Å²) in [7, 11) is 2.88. The molecule has 2 N–H and O–H groups in total. The van der Waals surface area contributed by atoms with Gasteiger partial charge in [-0.25, -0.2) is 0 Å². The van der Waals surface area contributed by atoms with E-state index in [4.69, 9.17) is 9.47 Å². The van der Waals surface area contributed by atoms with E-state index in [1.54, 1.807) is 18.2 Å². The number of ketones is 1. The summed E-state index contributed by atoms with van der Waals surface area (Å²) < 4.78 is 10.1. The van der Waals surface area contributed by atoms with E-state index in [1.807, 2.05) is 0 Å². The summed E-state index contributed by atoms with van der Waals surface area (Å²) in [5.41, 5.74) is 1.06. The quantitative estimate of drug-likeness (QED) is 0.655. The van der Waals surface area contributed by atoms with Gasteiger partial charge in [0.2, 0.25) is 0 Å². The van der Waals surface area contributed by atoms with Crippen LogP contribution in [-0.2, 0) is 0 Å². The molecule has 2 rings (SSSR count). The van der Waals surface area contributed by atoms with Gasteiger partial charge in [0.25, 0.3) is 0 Å². The molecule has 0 spiro atoms. The second kappa shape index (κ2) is 6.67. The first-order valence-electron chi connectivity index (χ1n) is 6.51. The van der Waals surface area contributed by atoms with Gasteiger partial charge in [-0.05, 0) is 35.9 Å². The van der Waals surface area contributed by atoms with E-state index in [0.717, 1.165) is 0 Å². The number of benzene rings is 2. The van der Waals surface area contributed by atoms with Crippen LogP contribution in [0.15, 0.2) is 42.5 Å². The Morgan fingerprint density at radius 3 is 2.41 bits per heavy atom. The molecule has 0 aliphatic heterocycles. The van der Waals surface area contributed by atoms with Crippen molar-refractivity contribution in [3.8, 4) is 23.0 Å². The van der Waals surface area contributed by atoms with Crippen molar-refractivity contribution in [3.63, 3.8) is 0 Å². The van der Waals surface area contributed by atoms with Crippen molar-refractivity contribution in [3.05, 3.63) is 53.6 Å². The van der Waals surface area contributed by atoms with Gasteiger partial charge in [-0.1, -0.05) is 12.1 Å². The Hall–Kier alpha value is -2.95. The van der Waals surface area contributed by atoms with Crippen molar-refractivity contribution in [2.45, 2.75) is 0 Å². The molecule has 0 amide bonds. The predicted molar refractivity (Wildman–Crippen MR) is 82.7 cm³/mol. The van der Waals surface area contributed by atoms with E-state index < -0.39 is 0 Å². The van der Waals surface area contributed by atoms with Gasteiger partial charge in [0, 0.05) is 6.07 Å². The Labute approximate surface area is 128 Å². The molecule has 0 aromatic heterocycles. The number of carbonyl (C=O) groups excluding carboxylic acids is 1. The molecule has 114 valence electrons. The molecule has 0 aliphatic carbocycles. The molecule has 0 atom stereocenters. The Morgan fingerprint density at radius 1 is 1.00 bits per heavy atom. The van der Waals surface area contributed by atoms with E-state index in [2.05, 4.69) is 0 Å². The van der Waals surface area contributed by atoms with Crippen molar-refractivity contribution in [2.24, 2.45) is 0 Å². The van der Waals surface area contributed by atoms with Crippen molar-refractivity contribution in [1.29, 1.82) is 0 Å². The molecule has 0 saturated carbocycles. The normalized spacial score (nSPS) is 10.6. The Bertz CT molecular complexity index is 719. The minimum absolute atomic E-state index is 0.0284. The number of methoxy groups -OCH3 is 2. The zero-order chi connectivity index (χ0) is 16.1. The monoisotopic (exact) mass is 300 g/mol. The lowest BCUT2D eigenvalue weighted by Crippen LogP contribution is -1.98. The number of carbonyl (C=O) groups is 1. The average Bonchev–Trinajstić information content (AvgIpc) is 2.53. The number of aromatic hydroxyl groups is 2. The largest absolute Gasteiger partial charge is 0.508 e. The molecule has 0 aliphatic rings. The summed E-state index contributed by atoms with van der Waals surface area (Å²) in [4.78, 5) is 12.2. The molecule has 0 radical (unpaired) electrons. The third-order valence-electron chi connectivity index (χ3n) is 3.08. The SMILES string of the molecule is COc1cc(C=CC(=O)c2ccc(O)cc2OC)ccc1O. The molecular formula is C17H16O5. The highest BCUT2D eigenvalue weighted by molar-refractivity contribution is 6.08. The first-order chi connectivity index (χ1) is 10.5. The molecule has 5 heteroatoms. The summed E-state index contributed by atoms with van der Waals surface area (Å²) in [6.45, 7) is 0. The predicted octanol–water partition coefficient (Wildman–Crippen LogP) is 3.01. The van der Waals surface area contributed by atoms with Gasteiger partial charge in [-0.3, -0.25) is 4.79 Å². The standard InChI is InChI=1S/C17H16O5/c1-21-16-10-12(18)5-6-13(16)14(19)7-3-11-4-8-15(20)17(9-11)22-2/h3-10,18,20H,1-2H3. The number of hydrogen-bond donors (Lipinski definition) is 2. The number of allylic oxidation sites excluding steroid dienone is 1. The van der Waals surface area contributed by atoms with E-state index in [0.29, 0.717) is 22.6 Å².